The van der Waals surface area contributed by atoms with E-state index in [1.807, 2.05) is 24.3 Å². The van der Waals surface area contributed by atoms with Crippen LogP contribution in [-0.2, 0) is 14.6 Å². The van der Waals surface area contributed by atoms with E-state index in [9.17, 15) is 8.42 Å². The molecule has 0 bridgehead atoms. The number of oxazole rings is 1. The average molecular weight is 434 g/mol. The third kappa shape index (κ3) is 4.94. The predicted molar refractivity (Wildman–Crippen MR) is 112 cm³/mol. The lowest BCUT2D eigenvalue weighted by Gasteiger charge is -2.22. The topological polar surface area (TPSA) is 78.6 Å². The van der Waals surface area contributed by atoms with Crippen molar-refractivity contribution in [3.05, 3.63) is 48.5 Å². The molecule has 0 radical (unpaired) electrons. The van der Waals surface area contributed by atoms with Crippen LogP contribution in [0.4, 0.5) is 0 Å². The van der Waals surface area contributed by atoms with Gasteiger partial charge in [-0.1, -0.05) is 23.9 Å². The van der Waals surface area contributed by atoms with Gasteiger partial charge in [-0.25, -0.2) is 13.4 Å². The highest BCUT2D eigenvalue weighted by molar-refractivity contribution is 7.99. The lowest BCUT2D eigenvalue weighted by molar-refractivity contribution is 0.0983. The zero-order valence-corrected chi connectivity index (χ0v) is 17.6. The first kappa shape index (κ1) is 20.3. The molecular weight excluding hydrogens is 410 g/mol. The summed E-state index contributed by atoms with van der Waals surface area (Å²) in [6.45, 7) is 1.55. The molecule has 3 aromatic rings. The van der Waals surface area contributed by atoms with E-state index in [4.69, 9.17) is 13.9 Å². The summed E-state index contributed by atoms with van der Waals surface area (Å²) in [5, 5.41) is 0.306. The second-order valence-electron chi connectivity index (χ2n) is 6.83. The Bertz CT molecular complexity index is 1010. The van der Waals surface area contributed by atoms with Gasteiger partial charge in [0.2, 0.25) is 0 Å². The fourth-order valence-corrected chi connectivity index (χ4v) is 5.69. The number of nitrogens with zero attached hydrogens (tertiary/aromatic N) is 1. The van der Waals surface area contributed by atoms with Crippen LogP contribution in [0.1, 0.15) is 19.3 Å². The summed E-state index contributed by atoms with van der Waals surface area (Å²) in [6, 6.07) is 14.4. The summed E-state index contributed by atoms with van der Waals surface area (Å²) in [5.74, 6) is 1.49. The molecule has 4 rings (SSSR count). The zero-order valence-electron chi connectivity index (χ0n) is 16.0. The van der Waals surface area contributed by atoms with Gasteiger partial charge in [0.25, 0.3) is 5.22 Å². The number of benzene rings is 2. The van der Waals surface area contributed by atoms with E-state index in [2.05, 4.69) is 4.98 Å². The molecule has 1 aromatic heterocycles. The highest BCUT2D eigenvalue weighted by atomic mass is 32.2. The Morgan fingerprint density at radius 1 is 1.07 bits per heavy atom. The van der Waals surface area contributed by atoms with E-state index >= 15 is 0 Å². The van der Waals surface area contributed by atoms with Gasteiger partial charge < -0.3 is 13.9 Å². The van der Waals surface area contributed by atoms with Crippen molar-refractivity contribution in [2.75, 3.05) is 25.6 Å². The van der Waals surface area contributed by atoms with Gasteiger partial charge in [0, 0.05) is 19.0 Å². The molecule has 0 atom stereocenters. The van der Waals surface area contributed by atoms with Crippen molar-refractivity contribution in [3.63, 3.8) is 0 Å². The van der Waals surface area contributed by atoms with E-state index in [1.165, 1.54) is 0 Å². The average Bonchev–Trinajstić information content (AvgIpc) is 3.17. The number of para-hydroxylation sites is 2. The minimum Gasteiger partial charge on any atom is -0.494 e. The summed E-state index contributed by atoms with van der Waals surface area (Å²) in [6.07, 6.45) is 1.93. The molecule has 29 heavy (non-hydrogen) atoms. The smallest absolute Gasteiger partial charge is 0.256 e. The maximum atomic E-state index is 12.7. The van der Waals surface area contributed by atoms with Crippen molar-refractivity contribution >= 4 is 32.7 Å². The Morgan fingerprint density at radius 3 is 2.59 bits per heavy atom. The van der Waals surface area contributed by atoms with Crippen molar-refractivity contribution < 1.29 is 22.3 Å². The molecule has 1 aliphatic rings. The van der Waals surface area contributed by atoms with Crippen molar-refractivity contribution in [3.8, 4) is 5.75 Å². The molecule has 8 heteroatoms. The molecule has 154 valence electrons. The van der Waals surface area contributed by atoms with Crippen LogP contribution in [0.5, 0.6) is 5.75 Å². The Hall–Kier alpha value is -2.03. The molecule has 1 fully saturated rings. The van der Waals surface area contributed by atoms with E-state index in [1.54, 1.807) is 36.0 Å². The molecule has 0 saturated carbocycles. The SMILES string of the molecule is O=S(=O)(c1ccc(OCCCSc2nc3ccccc3o2)cc1)C1CCOCC1. The molecule has 6 nitrogen and oxygen atoms in total. The Morgan fingerprint density at radius 2 is 1.83 bits per heavy atom. The van der Waals surface area contributed by atoms with Gasteiger partial charge in [0.15, 0.2) is 15.4 Å². The summed E-state index contributed by atoms with van der Waals surface area (Å²) < 4.78 is 42.0. The molecular formula is C21H23NO5S2. The van der Waals surface area contributed by atoms with E-state index < -0.39 is 9.84 Å². The van der Waals surface area contributed by atoms with Crippen LogP contribution in [0, 0.1) is 0 Å². The van der Waals surface area contributed by atoms with Crippen LogP contribution in [0.25, 0.3) is 11.1 Å². The van der Waals surface area contributed by atoms with Crippen molar-refractivity contribution in [2.24, 2.45) is 0 Å². The second kappa shape index (κ2) is 9.19. The van der Waals surface area contributed by atoms with Crippen LogP contribution in [0.2, 0.25) is 0 Å². The molecule has 0 N–H and O–H groups in total. The van der Waals surface area contributed by atoms with Gasteiger partial charge in [-0.15, -0.1) is 0 Å². The van der Waals surface area contributed by atoms with Crippen molar-refractivity contribution in [1.29, 1.82) is 0 Å². The number of thioether (sulfide) groups is 1. The first-order valence-electron chi connectivity index (χ1n) is 9.66. The maximum Gasteiger partial charge on any atom is 0.256 e. The molecule has 0 spiro atoms. The Kier molecular flexibility index (Phi) is 6.42. The van der Waals surface area contributed by atoms with Crippen molar-refractivity contribution in [1.82, 2.24) is 4.98 Å². The summed E-state index contributed by atoms with van der Waals surface area (Å²) in [4.78, 5) is 4.78. The normalized spacial score (nSPS) is 15.6. The van der Waals surface area contributed by atoms with Crippen LogP contribution < -0.4 is 4.74 Å². The van der Waals surface area contributed by atoms with Crippen LogP contribution >= 0.6 is 11.8 Å². The number of fused-ring (bicyclic) bond motifs is 1. The minimum atomic E-state index is -3.31. The van der Waals surface area contributed by atoms with Gasteiger partial charge >= 0.3 is 0 Å². The molecule has 0 unspecified atom stereocenters. The van der Waals surface area contributed by atoms with Crippen molar-refractivity contribution in [2.45, 2.75) is 34.6 Å². The molecule has 1 aliphatic heterocycles. The monoisotopic (exact) mass is 433 g/mol. The highest BCUT2D eigenvalue weighted by Gasteiger charge is 2.29. The zero-order chi connectivity index (χ0) is 20.1. The Balaban J connectivity index is 1.24. The predicted octanol–water partition coefficient (Wildman–Crippen LogP) is 4.34. The van der Waals surface area contributed by atoms with E-state index in [0.29, 0.717) is 48.5 Å². The Labute approximate surface area is 174 Å². The molecule has 0 aliphatic carbocycles. The van der Waals surface area contributed by atoms with Crippen LogP contribution in [0.15, 0.2) is 63.1 Å². The third-order valence-corrected chi connectivity index (χ3v) is 8.01. The number of hydrogen-bond acceptors (Lipinski definition) is 7. The summed E-state index contributed by atoms with van der Waals surface area (Å²) in [5.41, 5.74) is 1.66. The second-order valence-corrected chi connectivity index (χ2v) is 10.1. The molecule has 2 aromatic carbocycles. The maximum absolute atomic E-state index is 12.7. The van der Waals surface area contributed by atoms with Crippen LogP contribution in [-0.4, -0.2) is 44.2 Å². The fraction of sp³-hybridized carbons (Fsp3) is 0.381. The van der Waals surface area contributed by atoms with E-state index in [0.717, 1.165) is 23.3 Å². The quantitative estimate of drug-likeness (QED) is 0.386. The molecule has 1 saturated heterocycles. The third-order valence-electron chi connectivity index (χ3n) is 4.82. The number of rotatable bonds is 8. The summed E-state index contributed by atoms with van der Waals surface area (Å²) in [7, 11) is -3.31. The lowest BCUT2D eigenvalue weighted by Crippen LogP contribution is -2.28. The molecule has 2 heterocycles. The fourth-order valence-electron chi connectivity index (χ4n) is 3.23. The van der Waals surface area contributed by atoms with Gasteiger partial charge in [-0.3, -0.25) is 0 Å². The van der Waals surface area contributed by atoms with Gasteiger partial charge in [0.1, 0.15) is 11.3 Å². The van der Waals surface area contributed by atoms with Crippen LogP contribution in [0.3, 0.4) is 0 Å². The van der Waals surface area contributed by atoms with Gasteiger partial charge in [0.05, 0.1) is 16.8 Å². The number of hydrogen-bond donors (Lipinski definition) is 0. The summed E-state index contributed by atoms with van der Waals surface area (Å²) >= 11 is 1.56. The van der Waals surface area contributed by atoms with E-state index in [-0.39, 0.29) is 5.25 Å². The minimum absolute atomic E-state index is 0.350. The number of sulfone groups is 1. The van der Waals surface area contributed by atoms with Gasteiger partial charge in [-0.2, -0.15) is 0 Å². The first-order valence-corrected chi connectivity index (χ1v) is 12.2. The largest absolute Gasteiger partial charge is 0.494 e. The lowest BCUT2D eigenvalue weighted by atomic mass is 10.2. The highest BCUT2D eigenvalue weighted by Crippen LogP contribution is 2.26. The standard InChI is InChI=1S/C21H23NO5S2/c23-29(24,18-10-13-25-14-11-18)17-8-6-16(7-9-17)26-12-3-15-28-21-22-19-4-1-2-5-20(19)27-21/h1-2,4-9,18H,3,10-15H2. The molecule has 0 amide bonds. The van der Waals surface area contributed by atoms with Gasteiger partial charge in [-0.05, 0) is 55.7 Å². The first-order chi connectivity index (χ1) is 14.1. The number of ether oxygens (including phenoxy) is 2. The number of aromatic nitrogens is 1.